The molecule has 0 heterocycles. The van der Waals surface area contributed by atoms with E-state index in [2.05, 4.69) is 10.6 Å². The molecule has 14 heavy (non-hydrogen) atoms. The van der Waals surface area contributed by atoms with E-state index < -0.39 is 0 Å². The van der Waals surface area contributed by atoms with Crippen molar-refractivity contribution in [2.24, 2.45) is 16.7 Å². The van der Waals surface area contributed by atoms with Crippen molar-refractivity contribution in [3.63, 3.8) is 0 Å². The van der Waals surface area contributed by atoms with Crippen molar-refractivity contribution >= 4 is 11.5 Å². The Bertz CT molecular complexity index is 350. The molecule has 0 bridgehead atoms. The Morgan fingerprint density at radius 2 is 2.21 bits per heavy atom. The van der Waals surface area contributed by atoms with Crippen LogP contribution in [0.2, 0.25) is 0 Å². The van der Waals surface area contributed by atoms with E-state index in [-0.39, 0.29) is 5.84 Å². The Labute approximate surface area is 81.7 Å². The van der Waals surface area contributed by atoms with Gasteiger partial charge in [-0.2, -0.15) is 0 Å². The predicted octanol–water partition coefficient (Wildman–Crippen LogP) is -0.639. The normalized spacial score (nSPS) is 11.1. The molecule has 0 aromatic heterocycles. The maximum atomic E-state index is 5.68. The second-order valence-corrected chi connectivity index (χ2v) is 2.58. The zero-order valence-electron chi connectivity index (χ0n) is 7.82. The number of benzene rings is 1. The third-order valence-electron chi connectivity index (χ3n) is 1.71. The minimum absolute atomic E-state index is 0.266. The second-order valence-electron chi connectivity index (χ2n) is 2.58. The van der Waals surface area contributed by atoms with Crippen LogP contribution in [0, 0.1) is 0 Å². The van der Waals surface area contributed by atoms with Crippen LogP contribution in [0.5, 0.6) is 5.75 Å². The van der Waals surface area contributed by atoms with Crippen molar-refractivity contribution in [3.05, 3.63) is 23.8 Å². The lowest BCUT2D eigenvalue weighted by Gasteiger charge is -2.06. The van der Waals surface area contributed by atoms with Gasteiger partial charge in [0.1, 0.15) is 5.75 Å². The quantitative estimate of drug-likeness (QED) is 0.168. The lowest BCUT2D eigenvalue weighted by atomic mass is 10.2. The maximum Gasteiger partial charge on any atom is 0.152 e. The van der Waals surface area contributed by atoms with Gasteiger partial charge in [0.15, 0.2) is 5.84 Å². The van der Waals surface area contributed by atoms with Gasteiger partial charge in [0, 0.05) is 5.56 Å². The first-order chi connectivity index (χ1) is 6.69. The second kappa shape index (κ2) is 4.33. The number of nitrogens with two attached hydrogens (primary N) is 3. The smallest absolute Gasteiger partial charge is 0.152 e. The Hall–Kier alpha value is -1.95. The molecule has 0 amide bonds. The molecule has 0 aliphatic rings. The summed E-state index contributed by atoms with van der Waals surface area (Å²) in [6, 6.07) is 5.12. The fourth-order valence-electron chi connectivity index (χ4n) is 1.03. The van der Waals surface area contributed by atoms with Gasteiger partial charge in [-0.15, -0.1) is 5.10 Å². The zero-order valence-corrected chi connectivity index (χ0v) is 7.82. The van der Waals surface area contributed by atoms with E-state index in [1.807, 2.05) is 0 Å². The molecule has 6 heteroatoms. The van der Waals surface area contributed by atoms with E-state index in [1.165, 1.54) is 0 Å². The molecular formula is C8H13N5O. The van der Waals surface area contributed by atoms with Crippen LogP contribution in [-0.4, -0.2) is 12.9 Å². The molecule has 0 fully saturated rings. The van der Waals surface area contributed by atoms with Crippen LogP contribution >= 0.6 is 0 Å². The fraction of sp³-hybridized carbons (Fsp3) is 0.125. The number of hydrazone groups is 1. The molecule has 7 N–H and O–H groups in total. The van der Waals surface area contributed by atoms with Crippen LogP contribution < -0.4 is 27.6 Å². The highest BCUT2D eigenvalue weighted by Crippen LogP contribution is 2.21. The number of nitrogens with zero attached hydrogens (tertiary/aromatic N) is 1. The molecule has 6 nitrogen and oxygen atoms in total. The highest BCUT2D eigenvalue weighted by atomic mass is 16.5. The van der Waals surface area contributed by atoms with Gasteiger partial charge in [-0.1, -0.05) is 0 Å². The SMILES string of the molecule is COc1ccc(/C(N)=N/NN)cc1N. The largest absolute Gasteiger partial charge is 0.495 e. The van der Waals surface area contributed by atoms with E-state index in [0.717, 1.165) is 0 Å². The van der Waals surface area contributed by atoms with E-state index in [9.17, 15) is 0 Å². The summed E-state index contributed by atoms with van der Waals surface area (Å²) in [6.07, 6.45) is 0. The van der Waals surface area contributed by atoms with Crippen molar-refractivity contribution in [2.75, 3.05) is 12.8 Å². The summed E-state index contributed by atoms with van der Waals surface area (Å²) in [6.45, 7) is 0. The minimum Gasteiger partial charge on any atom is -0.495 e. The van der Waals surface area contributed by atoms with E-state index >= 15 is 0 Å². The first kappa shape index (κ1) is 10.1. The van der Waals surface area contributed by atoms with Crippen molar-refractivity contribution in [1.29, 1.82) is 0 Å². The maximum absolute atomic E-state index is 5.68. The highest BCUT2D eigenvalue weighted by molar-refractivity contribution is 5.98. The summed E-state index contributed by atoms with van der Waals surface area (Å²) in [7, 11) is 1.55. The number of rotatable bonds is 3. The van der Waals surface area contributed by atoms with Gasteiger partial charge in [-0.25, -0.2) is 11.4 Å². The van der Waals surface area contributed by atoms with Gasteiger partial charge < -0.3 is 16.2 Å². The molecular weight excluding hydrogens is 182 g/mol. The zero-order chi connectivity index (χ0) is 10.6. The van der Waals surface area contributed by atoms with Crippen LogP contribution in [0.4, 0.5) is 5.69 Å². The first-order valence-electron chi connectivity index (χ1n) is 3.91. The van der Waals surface area contributed by atoms with Crippen LogP contribution in [0.25, 0.3) is 0 Å². The predicted molar refractivity (Wildman–Crippen MR) is 55.5 cm³/mol. The fourth-order valence-corrected chi connectivity index (χ4v) is 1.03. The topological polar surface area (TPSA) is 112 Å². The lowest BCUT2D eigenvalue weighted by molar-refractivity contribution is 0.417. The molecule has 0 saturated carbocycles. The first-order valence-corrected chi connectivity index (χ1v) is 3.91. The molecule has 1 rings (SSSR count). The van der Waals surface area contributed by atoms with Crippen molar-refractivity contribution in [1.82, 2.24) is 5.53 Å². The number of amidine groups is 1. The van der Waals surface area contributed by atoms with Gasteiger partial charge in [0.05, 0.1) is 12.8 Å². The lowest BCUT2D eigenvalue weighted by Crippen LogP contribution is -2.23. The van der Waals surface area contributed by atoms with Crippen molar-refractivity contribution in [3.8, 4) is 5.75 Å². The van der Waals surface area contributed by atoms with Crippen LogP contribution in [0.3, 0.4) is 0 Å². The van der Waals surface area contributed by atoms with E-state index in [0.29, 0.717) is 17.0 Å². The molecule has 0 aliphatic heterocycles. The third-order valence-corrected chi connectivity index (χ3v) is 1.71. The molecule has 76 valence electrons. The van der Waals surface area contributed by atoms with E-state index in [4.69, 9.17) is 22.0 Å². The molecule has 0 unspecified atom stereocenters. The summed E-state index contributed by atoms with van der Waals surface area (Å²) in [4.78, 5) is 0. The van der Waals surface area contributed by atoms with Crippen LogP contribution in [-0.2, 0) is 0 Å². The average Bonchev–Trinajstić information content (AvgIpc) is 2.18. The number of anilines is 1. The molecule has 0 aliphatic carbocycles. The number of methoxy groups -OCH3 is 1. The van der Waals surface area contributed by atoms with Gasteiger partial charge >= 0.3 is 0 Å². The standard InChI is InChI=1S/C8H13N5O/c1-14-7-3-2-5(4-6(7)9)8(10)12-13-11/h2-4,13H,9,11H2,1H3,(H2,10,12). The molecule has 1 aromatic carbocycles. The Morgan fingerprint density at radius 1 is 1.50 bits per heavy atom. The highest BCUT2D eigenvalue weighted by Gasteiger charge is 2.03. The molecule has 0 radical (unpaired) electrons. The Balaban J connectivity index is 3.02. The summed E-state index contributed by atoms with van der Waals surface area (Å²) in [5.41, 5.74) is 14.5. The summed E-state index contributed by atoms with van der Waals surface area (Å²) in [5.74, 6) is 5.85. The Kier molecular flexibility index (Phi) is 3.14. The minimum atomic E-state index is 0.266. The van der Waals surface area contributed by atoms with Gasteiger partial charge in [-0.3, -0.25) is 0 Å². The molecule has 1 aromatic rings. The molecule has 0 atom stereocenters. The third kappa shape index (κ3) is 2.05. The number of hydrogen-bond donors (Lipinski definition) is 4. The van der Waals surface area contributed by atoms with Gasteiger partial charge in [0.25, 0.3) is 0 Å². The van der Waals surface area contributed by atoms with Crippen LogP contribution in [0.15, 0.2) is 23.3 Å². The van der Waals surface area contributed by atoms with Gasteiger partial charge in [0.2, 0.25) is 0 Å². The summed E-state index contributed by atoms with van der Waals surface area (Å²) >= 11 is 0. The number of nitrogen functional groups attached to an aromatic ring is 1. The Morgan fingerprint density at radius 3 is 2.71 bits per heavy atom. The molecule has 0 saturated heterocycles. The van der Waals surface area contributed by atoms with E-state index in [1.54, 1.807) is 25.3 Å². The molecule has 0 spiro atoms. The number of hydrogen-bond acceptors (Lipinski definition) is 5. The number of ether oxygens (including phenoxy) is 1. The summed E-state index contributed by atoms with van der Waals surface area (Å²) < 4.78 is 4.99. The monoisotopic (exact) mass is 195 g/mol. The van der Waals surface area contributed by atoms with Crippen molar-refractivity contribution < 1.29 is 4.74 Å². The number of hydrazine groups is 1. The van der Waals surface area contributed by atoms with Crippen molar-refractivity contribution in [2.45, 2.75) is 0 Å². The van der Waals surface area contributed by atoms with Gasteiger partial charge in [-0.05, 0) is 18.2 Å². The average molecular weight is 195 g/mol. The summed E-state index contributed by atoms with van der Waals surface area (Å²) in [5, 5.41) is 3.62. The number of nitrogens with one attached hydrogen (secondary N) is 1. The van der Waals surface area contributed by atoms with Crippen LogP contribution in [0.1, 0.15) is 5.56 Å².